The molecule has 2 aromatic heterocycles. The van der Waals surface area contributed by atoms with Crippen LogP contribution in [0, 0.1) is 0 Å². The van der Waals surface area contributed by atoms with Crippen LogP contribution in [-0.2, 0) is 6.42 Å². The number of hydrogen-bond acceptors (Lipinski definition) is 2. The van der Waals surface area contributed by atoms with E-state index in [1.807, 2.05) is 0 Å². The highest BCUT2D eigenvalue weighted by Gasteiger charge is 2.01. The minimum atomic E-state index is 1.03. The largest absolute Gasteiger partial charge is 0.152 e. The third kappa shape index (κ3) is 2.48. The van der Waals surface area contributed by atoms with Gasteiger partial charge in [-0.15, -0.1) is 0 Å². The van der Waals surface area contributed by atoms with Crippen LogP contribution in [0.5, 0.6) is 0 Å². The van der Waals surface area contributed by atoms with Crippen LogP contribution in [0.4, 0.5) is 0 Å². The molecule has 0 radical (unpaired) electrons. The first-order chi connectivity index (χ1) is 8.42. The van der Waals surface area contributed by atoms with Gasteiger partial charge in [-0.05, 0) is 62.3 Å². The maximum atomic E-state index is 2.29. The van der Waals surface area contributed by atoms with Gasteiger partial charge in [-0.2, -0.15) is 22.7 Å². The van der Waals surface area contributed by atoms with Crippen molar-refractivity contribution >= 4 is 22.7 Å². The minimum Gasteiger partial charge on any atom is -0.152 e. The molecule has 0 saturated heterocycles. The van der Waals surface area contributed by atoms with Crippen molar-refractivity contribution in [2.75, 3.05) is 0 Å². The van der Waals surface area contributed by atoms with E-state index in [1.165, 1.54) is 22.3 Å². The Morgan fingerprint density at radius 3 is 2.41 bits per heavy atom. The minimum absolute atomic E-state index is 1.03. The molecule has 0 fully saturated rings. The van der Waals surface area contributed by atoms with Gasteiger partial charge in [0.05, 0.1) is 0 Å². The molecule has 0 amide bonds. The Morgan fingerprint density at radius 2 is 1.65 bits per heavy atom. The summed E-state index contributed by atoms with van der Waals surface area (Å²) in [4.78, 5) is 0. The first kappa shape index (κ1) is 10.8. The van der Waals surface area contributed by atoms with Gasteiger partial charge in [-0.3, -0.25) is 0 Å². The Kier molecular flexibility index (Phi) is 3.08. The van der Waals surface area contributed by atoms with Gasteiger partial charge in [-0.1, -0.05) is 24.3 Å². The third-order valence-corrected chi connectivity index (χ3v) is 4.19. The van der Waals surface area contributed by atoms with E-state index >= 15 is 0 Å². The van der Waals surface area contributed by atoms with Crippen LogP contribution >= 0.6 is 22.7 Å². The lowest BCUT2D eigenvalue weighted by atomic mass is 10.0. The average molecular weight is 256 g/mol. The molecule has 2 heterocycles. The Hall–Kier alpha value is -1.38. The molecule has 3 rings (SSSR count). The predicted octanol–water partition coefficient (Wildman–Crippen LogP) is 5.07. The zero-order valence-corrected chi connectivity index (χ0v) is 10.9. The Morgan fingerprint density at radius 1 is 0.765 bits per heavy atom. The number of benzene rings is 1. The fourth-order valence-electron chi connectivity index (χ4n) is 1.92. The van der Waals surface area contributed by atoms with Crippen LogP contribution in [-0.4, -0.2) is 0 Å². The summed E-state index contributed by atoms with van der Waals surface area (Å²) in [6, 6.07) is 13.2. The summed E-state index contributed by atoms with van der Waals surface area (Å²) >= 11 is 3.51. The van der Waals surface area contributed by atoms with Crippen LogP contribution in [0.15, 0.2) is 57.9 Å². The zero-order valence-electron chi connectivity index (χ0n) is 9.30. The highest BCUT2D eigenvalue weighted by Crippen LogP contribution is 2.24. The van der Waals surface area contributed by atoms with E-state index in [9.17, 15) is 0 Å². The van der Waals surface area contributed by atoms with Crippen LogP contribution in [0.2, 0.25) is 0 Å². The summed E-state index contributed by atoms with van der Waals surface area (Å²) in [6.07, 6.45) is 1.03. The number of rotatable bonds is 3. The Labute approximate surface area is 109 Å². The van der Waals surface area contributed by atoms with Crippen molar-refractivity contribution in [3.8, 4) is 11.1 Å². The normalized spacial score (nSPS) is 10.6. The molecule has 2 heteroatoms. The standard InChI is InChI=1S/C15H12S2/c1-2-12(8-13-4-6-16-10-13)9-14(3-1)15-5-7-17-11-15/h1-7,9-11H,8H2. The van der Waals surface area contributed by atoms with Crippen LogP contribution in [0.1, 0.15) is 11.1 Å². The molecule has 0 atom stereocenters. The van der Waals surface area contributed by atoms with E-state index in [0.717, 1.165) is 6.42 Å². The highest BCUT2D eigenvalue weighted by molar-refractivity contribution is 7.08. The lowest BCUT2D eigenvalue weighted by molar-refractivity contribution is 1.21. The fraction of sp³-hybridized carbons (Fsp3) is 0.0667. The third-order valence-electron chi connectivity index (χ3n) is 2.77. The Bertz CT molecular complexity index is 577. The molecule has 0 unspecified atom stereocenters. The van der Waals surface area contributed by atoms with Crippen molar-refractivity contribution in [3.63, 3.8) is 0 Å². The second-order valence-electron chi connectivity index (χ2n) is 4.02. The molecule has 3 aromatic rings. The molecule has 0 aliphatic heterocycles. The monoisotopic (exact) mass is 256 g/mol. The van der Waals surface area contributed by atoms with Crippen molar-refractivity contribution in [2.24, 2.45) is 0 Å². The Balaban J connectivity index is 1.89. The van der Waals surface area contributed by atoms with Crippen LogP contribution < -0.4 is 0 Å². The molecular weight excluding hydrogens is 244 g/mol. The quantitative estimate of drug-likeness (QED) is 0.614. The fourth-order valence-corrected chi connectivity index (χ4v) is 3.25. The van der Waals surface area contributed by atoms with Gasteiger partial charge in [0, 0.05) is 0 Å². The van der Waals surface area contributed by atoms with Gasteiger partial charge in [-0.25, -0.2) is 0 Å². The molecular formula is C15H12S2. The van der Waals surface area contributed by atoms with Gasteiger partial charge in [0.1, 0.15) is 0 Å². The molecule has 0 bridgehead atoms. The SMILES string of the molecule is c1cc(Cc2ccsc2)cc(-c2ccsc2)c1. The molecule has 1 aromatic carbocycles. The van der Waals surface area contributed by atoms with Crippen LogP contribution in [0.25, 0.3) is 11.1 Å². The second kappa shape index (κ2) is 4.86. The molecule has 0 aliphatic rings. The van der Waals surface area contributed by atoms with E-state index in [0.29, 0.717) is 0 Å². The maximum absolute atomic E-state index is 2.29. The smallest absolute Gasteiger partial charge is 0.00147 e. The van der Waals surface area contributed by atoms with Gasteiger partial charge < -0.3 is 0 Å². The lowest BCUT2D eigenvalue weighted by Gasteiger charge is -2.03. The average Bonchev–Trinajstić information content (AvgIpc) is 3.01. The van der Waals surface area contributed by atoms with E-state index in [4.69, 9.17) is 0 Å². The molecule has 0 nitrogen and oxygen atoms in total. The molecule has 0 saturated carbocycles. The second-order valence-corrected chi connectivity index (χ2v) is 5.58. The molecule has 17 heavy (non-hydrogen) atoms. The zero-order chi connectivity index (χ0) is 11.5. The first-order valence-corrected chi connectivity index (χ1v) is 7.43. The van der Waals surface area contributed by atoms with E-state index < -0.39 is 0 Å². The topological polar surface area (TPSA) is 0 Å². The van der Waals surface area contributed by atoms with Gasteiger partial charge >= 0.3 is 0 Å². The van der Waals surface area contributed by atoms with Gasteiger partial charge in [0.15, 0.2) is 0 Å². The summed E-state index contributed by atoms with van der Waals surface area (Å²) in [5.74, 6) is 0. The van der Waals surface area contributed by atoms with Crippen molar-refractivity contribution in [1.82, 2.24) is 0 Å². The number of hydrogen-bond donors (Lipinski definition) is 0. The van der Waals surface area contributed by atoms with Gasteiger partial charge in [0.25, 0.3) is 0 Å². The van der Waals surface area contributed by atoms with Crippen molar-refractivity contribution in [2.45, 2.75) is 6.42 Å². The van der Waals surface area contributed by atoms with E-state index in [2.05, 4.69) is 57.9 Å². The van der Waals surface area contributed by atoms with E-state index in [-0.39, 0.29) is 0 Å². The molecule has 0 spiro atoms. The summed E-state index contributed by atoms with van der Waals surface area (Å²) in [7, 11) is 0. The predicted molar refractivity (Wildman–Crippen MR) is 76.9 cm³/mol. The van der Waals surface area contributed by atoms with Crippen molar-refractivity contribution < 1.29 is 0 Å². The maximum Gasteiger partial charge on any atom is -0.00147 e. The van der Waals surface area contributed by atoms with E-state index in [1.54, 1.807) is 22.7 Å². The molecule has 0 aliphatic carbocycles. The van der Waals surface area contributed by atoms with Crippen molar-refractivity contribution in [3.05, 3.63) is 69.0 Å². The molecule has 0 N–H and O–H groups in total. The summed E-state index contributed by atoms with van der Waals surface area (Å²) in [5, 5.41) is 8.68. The van der Waals surface area contributed by atoms with Crippen LogP contribution in [0.3, 0.4) is 0 Å². The van der Waals surface area contributed by atoms with Crippen molar-refractivity contribution in [1.29, 1.82) is 0 Å². The lowest BCUT2D eigenvalue weighted by Crippen LogP contribution is -1.86. The summed E-state index contributed by atoms with van der Waals surface area (Å²) < 4.78 is 0. The first-order valence-electron chi connectivity index (χ1n) is 5.54. The summed E-state index contributed by atoms with van der Waals surface area (Å²) in [5.41, 5.74) is 5.42. The highest BCUT2D eigenvalue weighted by atomic mass is 32.1. The number of thiophene rings is 2. The van der Waals surface area contributed by atoms with Gasteiger partial charge in [0.2, 0.25) is 0 Å². The molecule has 84 valence electrons. The summed E-state index contributed by atoms with van der Waals surface area (Å²) in [6.45, 7) is 0.